The lowest BCUT2D eigenvalue weighted by Crippen LogP contribution is -2.41. The van der Waals surface area contributed by atoms with Crippen molar-refractivity contribution in [1.82, 2.24) is 5.32 Å². The van der Waals surface area contributed by atoms with Gasteiger partial charge in [0.1, 0.15) is 12.4 Å². The van der Waals surface area contributed by atoms with Gasteiger partial charge in [-0.1, -0.05) is 35.4 Å². The summed E-state index contributed by atoms with van der Waals surface area (Å²) in [6.45, 7) is 5.15. The molecule has 0 aromatic heterocycles. The molecule has 192 valence electrons. The van der Waals surface area contributed by atoms with E-state index in [-0.39, 0.29) is 27.4 Å². The van der Waals surface area contributed by atoms with E-state index in [4.69, 9.17) is 21.1 Å². The summed E-state index contributed by atoms with van der Waals surface area (Å²) in [6.07, 6.45) is 0. The van der Waals surface area contributed by atoms with Crippen LogP contribution in [0.3, 0.4) is 0 Å². The number of methoxy groups -OCH3 is 2. The molecule has 1 amide bonds. The topological polar surface area (TPSA) is 84.9 Å². The largest absolute Gasteiger partial charge is 0.493 e. The molecule has 0 heterocycles. The smallest absolute Gasteiger partial charge is 0.264 e. The zero-order chi connectivity index (χ0) is 26.6. The van der Waals surface area contributed by atoms with Crippen LogP contribution in [0.1, 0.15) is 29.7 Å². The fourth-order valence-corrected chi connectivity index (χ4v) is 5.38. The number of anilines is 1. The zero-order valence-electron chi connectivity index (χ0n) is 20.6. The van der Waals surface area contributed by atoms with E-state index in [1.54, 1.807) is 0 Å². The van der Waals surface area contributed by atoms with Crippen LogP contribution in [0, 0.1) is 19.7 Å². The molecule has 1 N–H and O–H groups in total. The van der Waals surface area contributed by atoms with Gasteiger partial charge in [0, 0.05) is 6.07 Å². The van der Waals surface area contributed by atoms with Gasteiger partial charge in [-0.25, -0.2) is 12.8 Å². The van der Waals surface area contributed by atoms with Gasteiger partial charge in [-0.15, -0.1) is 0 Å². The van der Waals surface area contributed by atoms with E-state index in [9.17, 15) is 17.6 Å². The molecule has 0 aliphatic rings. The number of aryl methyl sites for hydroxylation is 2. The number of hydrogen-bond acceptors (Lipinski definition) is 5. The van der Waals surface area contributed by atoms with Crippen molar-refractivity contribution in [3.05, 3.63) is 82.1 Å². The van der Waals surface area contributed by atoms with E-state index in [0.29, 0.717) is 5.75 Å². The Morgan fingerprint density at radius 2 is 1.72 bits per heavy atom. The number of benzene rings is 3. The summed E-state index contributed by atoms with van der Waals surface area (Å²) in [4.78, 5) is 12.9. The molecule has 3 rings (SSSR count). The first-order chi connectivity index (χ1) is 17.0. The zero-order valence-corrected chi connectivity index (χ0v) is 22.2. The van der Waals surface area contributed by atoms with Gasteiger partial charge in [0.25, 0.3) is 10.0 Å². The summed E-state index contributed by atoms with van der Waals surface area (Å²) in [5.74, 6) is -0.721. The highest BCUT2D eigenvalue weighted by Crippen LogP contribution is 2.33. The summed E-state index contributed by atoms with van der Waals surface area (Å²) in [5.41, 5.74) is 2.98. The van der Waals surface area contributed by atoms with Crippen LogP contribution >= 0.6 is 11.6 Å². The molecule has 0 radical (unpaired) electrons. The van der Waals surface area contributed by atoms with Crippen LogP contribution in [-0.2, 0) is 14.8 Å². The SMILES string of the molecule is COc1ccc(S(=O)(=O)N(CC(=O)NC(C)c2cc(C)ccc2C)c2ccc(F)c(Cl)c2)cc1OC. The molecular formula is C26H28ClFN2O5S. The third-order valence-corrected chi connectivity index (χ3v) is 7.76. The number of halogens is 2. The predicted octanol–water partition coefficient (Wildman–Crippen LogP) is 5.19. The maximum absolute atomic E-state index is 13.8. The minimum atomic E-state index is -4.30. The monoisotopic (exact) mass is 534 g/mol. The Hall–Kier alpha value is -3.30. The molecule has 0 saturated heterocycles. The van der Waals surface area contributed by atoms with Gasteiger partial charge in [-0.3, -0.25) is 9.10 Å². The lowest BCUT2D eigenvalue weighted by molar-refractivity contribution is -0.120. The van der Waals surface area contributed by atoms with Crippen LogP contribution in [0.5, 0.6) is 11.5 Å². The van der Waals surface area contributed by atoms with Crippen molar-refractivity contribution in [2.24, 2.45) is 0 Å². The van der Waals surface area contributed by atoms with Crippen LogP contribution in [0.15, 0.2) is 59.5 Å². The van der Waals surface area contributed by atoms with Crippen molar-refractivity contribution in [3.8, 4) is 11.5 Å². The van der Waals surface area contributed by atoms with E-state index >= 15 is 0 Å². The minimum absolute atomic E-state index is 0.0331. The Bertz CT molecular complexity index is 1380. The molecule has 0 aliphatic carbocycles. The number of nitrogens with zero attached hydrogens (tertiary/aromatic N) is 1. The molecule has 36 heavy (non-hydrogen) atoms. The first kappa shape index (κ1) is 27.3. The molecule has 3 aromatic rings. The number of nitrogens with one attached hydrogen (secondary N) is 1. The van der Waals surface area contributed by atoms with Gasteiger partial charge in [0.15, 0.2) is 11.5 Å². The van der Waals surface area contributed by atoms with Gasteiger partial charge in [0.2, 0.25) is 5.91 Å². The number of rotatable bonds is 9. The predicted molar refractivity (Wildman–Crippen MR) is 138 cm³/mol. The standard InChI is InChI=1S/C26H28ClFN2O5S/c1-16-6-7-17(2)21(12-16)18(3)29-26(31)15-30(19-8-10-23(28)22(27)13-19)36(32,33)20-9-11-24(34-4)25(14-20)35-5/h6-14,18H,15H2,1-5H3,(H,29,31). The van der Waals surface area contributed by atoms with Gasteiger partial charge in [0.05, 0.1) is 35.9 Å². The Morgan fingerprint density at radius 3 is 2.36 bits per heavy atom. The molecule has 1 atom stereocenters. The molecule has 0 aliphatic heterocycles. The van der Waals surface area contributed by atoms with Crippen LogP contribution < -0.4 is 19.1 Å². The highest BCUT2D eigenvalue weighted by molar-refractivity contribution is 7.92. The normalized spacial score (nSPS) is 12.1. The average molecular weight is 535 g/mol. The Morgan fingerprint density at radius 1 is 1.03 bits per heavy atom. The summed E-state index contributed by atoms with van der Waals surface area (Å²) < 4.78 is 52.6. The van der Waals surface area contributed by atoms with Crippen LogP contribution in [0.25, 0.3) is 0 Å². The Kier molecular flexibility index (Phi) is 8.47. The summed E-state index contributed by atoms with van der Waals surface area (Å²) in [6, 6.07) is 13.1. The van der Waals surface area contributed by atoms with Crippen LogP contribution in [-0.4, -0.2) is 35.1 Å². The second-order valence-electron chi connectivity index (χ2n) is 8.28. The van der Waals surface area contributed by atoms with E-state index in [2.05, 4.69) is 5.32 Å². The number of ether oxygens (including phenoxy) is 2. The van der Waals surface area contributed by atoms with Gasteiger partial charge in [-0.05, 0) is 62.2 Å². The van der Waals surface area contributed by atoms with Gasteiger partial charge < -0.3 is 14.8 Å². The Balaban J connectivity index is 1.99. The number of amides is 1. The van der Waals surface area contributed by atoms with Crippen molar-refractivity contribution >= 4 is 33.2 Å². The summed E-state index contributed by atoms with van der Waals surface area (Å²) in [5, 5.41) is 2.58. The lowest BCUT2D eigenvalue weighted by atomic mass is 10.00. The van der Waals surface area contributed by atoms with E-state index in [1.165, 1.54) is 38.5 Å². The van der Waals surface area contributed by atoms with Crippen molar-refractivity contribution in [3.63, 3.8) is 0 Å². The van der Waals surface area contributed by atoms with E-state index < -0.39 is 28.3 Å². The highest BCUT2D eigenvalue weighted by atomic mass is 35.5. The molecule has 7 nitrogen and oxygen atoms in total. The third-order valence-electron chi connectivity index (χ3n) is 5.70. The fourth-order valence-electron chi connectivity index (χ4n) is 3.78. The molecule has 0 spiro atoms. The molecular weight excluding hydrogens is 507 g/mol. The van der Waals surface area contributed by atoms with Crippen molar-refractivity contribution < 1.29 is 27.1 Å². The second kappa shape index (κ2) is 11.2. The molecule has 1 unspecified atom stereocenters. The molecule has 0 fully saturated rings. The summed E-state index contributed by atoms with van der Waals surface area (Å²) in [7, 11) is -1.48. The van der Waals surface area contributed by atoms with Crippen LogP contribution in [0.4, 0.5) is 10.1 Å². The quantitative estimate of drug-likeness (QED) is 0.408. The van der Waals surface area contributed by atoms with Gasteiger partial charge >= 0.3 is 0 Å². The molecule has 0 bridgehead atoms. The van der Waals surface area contributed by atoms with Crippen molar-refractivity contribution in [2.45, 2.75) is 31.7 Å². The molecule has 10 heteroatoms. The maximum atomic E-state index is 13.8. The van der Waals surface area contributed by atoms with Gasteiger partial charge in [-0.2, -0.15) is 0 Å². The maximum Gasteiger partial charge on any atom is 0.264 e. The van der Waals surface area contributed by atoms with Crippen LogP contribution in [0.2, 0.25) is 5.02 Å². The van der Waals surface area contributed by atoms with E-state index in [0.717, 1.165) is 33.1 Å². The molecule has 0 saturated carbocycles. The lowest BCUT2D eigenvalue weighted by Gasteiger charge is -2.26. The average Bonchev–Trinajstić information content (AvgIpc) is 2.85. The van der Waals surface area contributed by atoms with Crippen molar-refractivity contribution in [2.75, 3.05) is 25.1 Å². The van der Waals surface area contributed by atoms with E-state index in [1.807, 2.05) is 39.0 Å². The summed E-state index contributed by atoms with van der Waals surface area (Å²) >= 11 is 5.94. The number of sulfonamides is 1. The first-order valence-corrected chi connectivity index (χ1v) is 12.9. The Labute approximate surface area is 215 Å². The number of carbonyl (C=O) groups excluding carboxylic acids is 1. The fraction of sp³-hybridized carbons (Fsp3) is 0.269. The second-order valence-corrected chi connectivity index (χ2v) is 10.5. The van der Waals surface area contributed by atoms with Crippen molar-refractivity contribution in [1.29, 1.82) is 0 Å². The third kappa shape index (κ3) is 5.91. The molecule has 3 aromatic carbocycles. The minimum Gasteiger partial charge on any atom is -0.493 e. The highest BCUT2D eigenvalue weighted by Gasteiger charge is 2.29. The first-order valence-electron chi connectivity index (χ1n) is 11.0. The number of carbonyl (C=O) groups is 1. The number of hydrogen-bond donors (Lipinski definition) is 1.